The molecule has 0 aromatic heterocycles. The Labute approximate surface area is 110 Å². The maximum absolute atomic E-state index is 11.2. The highest BCUT2D eigenvalue weighted by Gasteiger charge is 2.30. The number of esters is 1. The second kappa shape index (κ2) is 5.12. The summed E-state index contributed by atoms with van der Waals surface area (Å²) in [6.45, 7) is 0.647. The smallest absolute Gasteiger partial charge is 0.348 e. The molecule has 16 heavy (non-hydrogen) atoms. The van der Waals surface area contributed by atoms with Gasteiger partial charge in [-0.05, 0) is 37.4 Å². The number of carbonyl (C=O) groups excluding carboxylic acids is 1. The van der Waals surface area contributed by atoms with Gasteiger partial charge in [0.15, 0.2) is 6.23 Å². The summed E-state index contributed by atoms with van der Waals surface area (Å²) in [5, 5.41) is 3.13. The summed E-state index contributed by atoms with van der Waals surface area (Å²) in [7, 11) is 0. The fourth-order valence-corrected chi connectivity index (χ4v) is 2.08. The maximum Gasteiger partial charge on any atom is 0.348 e. The average Bonchev–Trinajstić information content (AvgIpc) is 2.56. The Hall–Kier alpha value is -0.650. The normalized spacial score (nSPS) is 20.1. The first kappa shape index (κ1) is 11.8. The van der Waals surface area contributed by atoms with Gasteiger partial charge in [0, 0.05) is 6.54 Å². The monoisotopic (exact) mass is 345 g/mol. The molecule has 1 N–H and O–H groups in total. The van der Waals surface area contributed by atoms with Gasteiger partial charge in [0.25, 0.3) is 0 Å². The van der Waals surface area contributed by atoms with E-state index < -0.39 is 6.23 Å². The predicted octanol–water partition coefficient (Wildman–Crippen LogP) is 2.66. The van der Waals surface area contributed by atoms with Crippen LogP contribution in [-0.4, -0.2) is 12.2 Å². The first-order valence-electron chi connectivity index (χ1n) is 4.72. The zero-order valence-electron chi connectivity index (χ0n) is 8.24. The van der Waals surface area contributed by atoms with Crippen LogP contribution in [-0.2, 0) is 16.1 Å². The maximum atomic E-state index is 11.2. The van der Waals surface area contributed by atoms with E-state index in [9.17, 15) is 4.79 Å². The molecular formula is C11H9Br2NO2. The van der Waals surface area contributed by atoms with Gasteiger partial charge in [0.2, 0.25) is 0 Å². The van der Waals surface area contributed by atoms with E-state index >= 15 is 0 Å². The van der Waals surface area contributed by atoms with Gasteiger partial charge in [-0.2, -0.15) is 0 Å². The van der Waals surface area contributed by atoms with Gasteiger partial charge in [-0.3, -0.25) is 5.32 Å². The van der Waals surface area contributed by atoms with Crippen LogP contribution in [0, 0.1) is 0 Å². The zero-order chi connectivity index (χ0) is 11.5. The minimum atomic E-state index is -0.401. The summed E-state index contributed by atoms with van der Waals surface area (Å²) >= 11 is 6.46. The Kier molecular flexibility index (Phi) is 3.78. The lowest BCUT2D eigenvalue weighted by atomic mass is 10.2. The van der Waals surface area contributed by atoms with E-state index in [4.69, 9.17) is 4.74 Å². The van der Waals surface area contributed by atoms with Crippen LogP contribution in [0.25, 0.3) is 0 Å². The summed E-state index contributed by atoms with van der Waals surface area (Å²) < 4.78 is 6.23. The molecule has 84 valence electrons. The Balaban J connectivity index is 1.96. The van der Waals surface area contributed by atoms with E-state index in [1.165, 1.54) is 0 Å². The van der Waals surface area contributed by atoms with Crippen LogP contribution < -0.4 is 5.32 Å². The summed E-state index contributed by atoms with van der Waals surface area (Å²) in [6, 6.07) is 9.93. The molecule has 1 unspecified atom stereocenters. The van der Waals surface area contributed by atoms with Gasteiger partial charge in [0.05, 0.1) is 4.48 Å². The average molecular weight is 347 g/mol. The van der Waals surface area contributed by atoms with Crippen LogP contribution >= 0.6 is 31.9 Å². The van der Waals surface area contributed by atoms with Crippen LogP contribution in [0.3, 0.4) is 0 Å². The lowest BCUT2D eigenvalue weighted by molar-refractivity contribution is -0.140. The fourth-order valence-electron chi connectivity index (χ4n) is 1.36. The van der Waals surface area contributed by atoms with Crippen molar-refractivity contribution in [3.05, 3.63) is 44.9 Å². The van der Waals surface area contributed by atoms with Crippen molar-refractivity contribution in [1.29, 1.82) is 0 Å². The van der Waals surface area contributed by atoms with Crippen LogP contribution in [0.2, 0.25) is 0 Å². The molecule has 0 amide bonds. The molecule has 0 saturated carbocycles. The van der Waals surface area contributed by atoms with Crippen LogP contribution in [0.15, 0.2) is 39.3 Å². The predicted molar refractivity (Wildman–Crippen MR) is 68.0 cm³/mol. The molecule has 1 aromatic rings. The molecule has 1 aliphatic rings. The molecule has 0 aliphatic carbocycles. The van der Waals surface area contributed by atoms with E-state index in [2.05, 4.69) is 37.2 Å². The van der Waals surface area contributed by atoms with Crippen LogP contribution in [0.1, 0.15) is 5.56 Å². The molecule has 0 radical (unpaired) electrons. The number of hydrogen-bond donors (Lipinski definition) is 1. The number of rotatable bonds is 3. The van der Waals surface area contributed by atoms with Crippen molar-refractivity contribution in [1.82, 2.24) is 5.32 Å². The molecule has 0 fully saturated rings. The third-order valence-electron chi connectivity index (χ3n) is 2.18. The minimum absolute atomic E-state index is 0.350. The molecule has 0 spiro atoms. The molecule has 1 aromatic carbocycles. The van der Waals surface area contributed by atoms with Crippen molar-refractivity contribution in [2.24, 2.45) is 0 Å². The van der Waals surface area contributed by atoms with Gasteiger partial charge in [-0.15, -0.1) is 0 Å². The Morgan fingerprint density at radius 3 is 2.50 bits per heavy atom. The molecule has 1 aliphatic heterocycles. The first-order chi connectivity index (χ1) is 7.68. The Morgan fingerprint density at radius 2 is 1.94 bits per heavy atom. The van der Waals surface area contributed by atoms with Crippen molar-refractivity contribution in [3.63, 3.8) is 0 Å². The molecule has 0 saturated heterocycles. The quantitative estimate of drug-likeness (QED) is 0.855. The highest BCUT2D eigenvalue weighted by Crippen LogP contribution is 2.30. The van der Waals surface area contributed by atoms with Gasteiger partial charge in [-0.25, -0.2) is 4.79 Å². The Bertz CT molecular complexity index is 431. The van der Waals surface area contributed by atoms with Crippen LogP contribution in [0.4, 0.5) is 0 Å². The molecule has 0 bridgehead atoms. The summed E-state index contributed by atoms with van der Waals surface area (Å²) in [6.07, 6.45) is -0.401. The van der Waals surface area contributed by atoms with Crippen molar-refractivity contribution >= 4 is 37.8 Å². The van der Waals surface area contributed by atoms with Gasteiger partial charge in [0.1, 0.15) is 4.48 Å². The van der Waals surface area contributed by atoms with Gasteiger partial charge in [-0.1, -0.05) is 30.3 Å². The highest BCUT2D eigenvalue weighted by atomic mass is 79.9. The summed E-state index contributed by atoms with van der Waals surface area (Å²) in [5.41, 5.74) is 1.14. The number of cyclic esters (lactones) is 1. The highest BCUT2D eigenvalue weighted by molar-refractivity contribution is 9.14. The minimum Gasteiger partial charge on any atom is -0.438 e. The van der Waals surface area contributed by atoms with Crippen molar-refractivity contribution in [3.8, 4) is 0 Å². The number of benzene rings is 1. The van der Waals surface area contributed by atoms with E-state index in [0.717, 1.165) is 5.56 Å². The third-order valence-corrected chi connectivity index (χ3v) is 4.27. The molecule has 2 rings (SSSR count). The molecular weight excluding hydrogens is 338 g/mol. The summed E-state index contributed by atoms with van der Waals surface area (Å²) in [4.78, 5) is 11.2. The first-order valence-corrected chi connectivity index (χ1v) is 6.30. The second-order valence-corrected chi connectivity index (χ2v) is 4.96. The molecule has 1 heterocycles. The standard InChI is InChI=1S/C11H9Br2NO2/c12-8-9(13)11(15)16-10(8)14-6-7-4-2-1-3-5-7/h1-5,10,14H,6H2. The lowest BCUT2D eigenvalue weighted by Gasteiger charge is -2.12. The van der Waals surface area contributed by atoms with Crippen molar-refractivity contribution in [2.45, 2.75) is 12.8 Å². The Morgan fingerprint density at radius 1 is 1.25 bits per heavy atom. The number of hydrogen-bond acceptors (Lipinski definition) is 3. The van der Waals surface area contributed by atoms with E-state index in [1.807, 2.05) is 30.3 Å². The number of nitrogens with one attached hydrogen (secondary N) is 1. The zero-order valence-corrected chi connectivity index (χ0v) is 11.4. The molecule has 3 nitrogen and oxygen atoms in total. The summed E-state index contributed by atoms with van der Waals surface area (Å²) in [5.74, 6) is -0.350. The topological polar surface area (TPSA) is 38.3 Å². The number of carbonyl (C=O) groups is 1. The molecule has 1 atom stereocenters. The SMILES string of the molecule is O=C1OC(NCc2ccccc2)C(Br)=C1Br. The second-order valence-electron chi connectivity index (χ2n) is 3.31. The number of ether oxygens (including phenoxy) is 1. The largest absolute Gasteiger partial charge is 0.438 e. The van der Waals surface area contributed by atoms with Gasteiger partial charge < -0.3 is 4.74 Å². The van der Waals surface area contributed by atoms with Crippen molar-refractivity contribution in [2.75, 3.05) is 0 Å². The molecule has 5 heteroatoms. The number of halogens is 2. The third kappa shape index (κ3) is 2.53. The fraction of sp³-hybridized carbons (Fsp3) is 0.182. The van der Waals surface area contributed by atoms with Crippen LogP contribution in [0.5, 0.6) is 0 Å². The van der Waals surface area contributed by atoms with E-state index in [1.54, 1.807) is 0 Å². The van der Waals surface area contributed by atoms with E-state index in [-0.39, 0.29) is 5.97 Å². The van der Waals surface area contributed by atoms with Gasteiger partial charge >= 0.3 is 5.97 Å². The van der Waals surface area contributed by atoms with E-state index in [0.29, 0.717) is 15.5 Å². The van der Waals surface area contributed by atoms with Crippen molar-refractivity contribution < 1.29 is 9.53 Å². The lowest BCUT2D eigenvalue weighted by Crippen LogP contribution is -2.29.